The molecule has 5 heteroatoms. The van der Waals surface area contributed by atoms with Gasteiger partial charge in [0.25, 0.3) is 0 Å². The summed E-state index contributed by atoms with van der Waals surface area (Å²) in [6.07, 6.45) is 0.840. The van der Waals surface area contributed by atoms with Gasteiger partial charge in [0.1, 0.15) is 0 Å². The van der Waals surface area contributed by atoms with Gasteiger partial charge in [-0.2, -0.15) is 0 Å². The molecule has 0 radical (unpaired) electrons. The number of hydrogen-bond acceptors (Lipinski definition) is 2. The number of nitrogens with one attached hydrogen (secondary N) is 1. The summed E-state index contributed by atoms with van der Waals surface area (Å²) in [5, 5.41) is 4.21. The van der Waals surface area contributed by atoms with Gasteiger partial charge in [-0.25, -0.2) is 0 Å². The molecule has 2 nitrogen and oxygen atoms in total. The number of amides is 1. The van der Waals surface area contributed by atoms with Crippen molar-refractivity contribution in [1.29, 1.82) is 0 Å². The van der Waals surface area contributed by atoms with Gasteiger partial charge in [0, 0.05) is 4.90 Å². The predicted molar refractivity (Wildman–Crippen MR) is 99.5 cm³/mol. The summed E-state index contributed by atoms with van der Waals surface area (Å²) in [7, 11) is 0. The lowest BCUT2D eigenvalue weighted by molar-refractivity contribution is -0.119. The van der Waals surface area contributed by atoms with Gasteiger partial charge in [0.2, 0.25) is 5.91 Å². The van der Waals surface area contributed by atoms with Crippen LogP contribution in [0.15, 0.2) is 47.4 Å². The molecule has 0 unspecified atom stereocenters. The van der Waals surface area contributed by atoms with Crippen LogP contribution in [-0.2, 0) is 4.79 Å². The molecule has 23 heavy (non-hydrogen) atoms. The molecule has 1 N–H and O–H groups in total. The van der Waals surface area contributed by atoms with Crippen LogP contribution in [0.1, 0.15) is 30.5 Å². The van der Waals surface area contributed by atoms with E-state index in [9.17, 15) is 4.79 Å². The lowest BCUT2D eigenvalue weighted by atomic mass is 10.0. The summed E-state index contributed by atoms with van der Waals surface area (Å²) in [6, 6.07) is 13.6. The Labute approximate surface area is 151 Å². The standard InChI is InChI=1S/C18H19Cl2NOS/c1-3-16(13-9-7-12(2)8-10-13)21-17(22)11-23-18-14(19)5-4-6-15(18)20/h4-10,16H,3,11H2,1-2H3,(H,21,22)/t16-/m0/s1. The maximum absolute atomic E-state index is 12.2. The molecule has 0 aliphatic heterocycles. The zero-order chi connectivity index (χ0) is 16.8. The zero-order valence-corrected chi connectivity index (χ0v) is 15.4. The molecule has 0 fully saturated rings. The molecule has 122 valence electrons. The molecule has 0 heterocycles. The average molecular weight is 368 g/mol. The Bertz CT molecular complexity index is 653. The SMILES string of the molecule is CC[C@H](NC(=O)CSc1c(Cl)cccc1Cl)c1ccc(C)cc1. The molecule has 0 aromatic heterocycles. The second-order valence-corrected chi connectivity index (χ2v) is 7.08. The molecule has 0 bridgehead atoms. The van der Waals surface area contributed by atoms with E-state index in [4.69, 9.17) is 23.2 Å². The first-order chi connectivity index (χ1) is 11.0. The second-order valence-electron chi connectivity index (χ2n) is 5.28. The maximum Gasteiger partial charge on any atom is 0.230 e. The van der Waals surface area contributed by atoms with Crippen LogP contribution in [0.3, 0.4) is 0 Å². The van der Waals surface area contributed by atoms with Gasteiger partial charge in [-0.3, -0.25) is 4.79 Å². The Balaban J connectivity index is 1.96. The minimum Gasteiger partial charge on any atom is -0.349 e. The van der Waals surface area contributed by atoms with Crippen LogP contribution in [-0.4, -0.2) is 11.7 Å². The van der Waals surface area contributed by atoms with E-state index in [0.717, 1.165) is 16.9 Å². The predicted octanol–water partition coefficient (Wildman–Crippen LogP) is 5.66. The average Bonchev–Trinajstić information content (AvgIpc) is 2.53. The summed E-state index contributed by atoms with van der Waals surface area (Å²) in [4.78, 5) is 13.0. The zero-order valence-electron chi connectivity index (χ0n) is 13.1. The Morgan fingerprint density at radius 3 is 2.30 bits per heavy atom. The highest BCUT2D eigenvalue weighted by atomic mass is 35.5. The van der Waals surface area contributed by atoms with Gasteiger partial charge in [0.05, 0.1) is 21.8 Å². The third kappa shape index (κ3) is 5.17. The molecule has 1 atom stereocenters. The van der Waals surface area contributed by atoms with E-state index in [1.807, 2.05) is 6.92 Å². The van der Waals surface area contributed by atoms with Crippen LogP contribution < -0.4 is 5.32 Å². The fraction of sp³-hybridized carbons (Fsp3) is 0.278. The lowest BCUT2D eigenvalue weighted by Crippen LogP contribution is -2.29. The van der Waals surface area contributed by atoms with Crippen LogP contribution in [0, 0.1) is 6.92 Å². The van der Waals surface area contributed by atoms with Crippen LogP contribution in [0.5, 0.6) is 0 Å². The first-order valence-corrected chi connectivity index (χ1v) is 9.18. The maximum atomic E-state index is 12.2. The number of halogens is 2. The molecule has 0 aliphatic rings. The molecule has 2 rings (SSSR count). The van der Waals surface area contributed by atoms with E-state index in [-0.39, 0.29) is 17.7 Å². The number of thioether (sulfide) groups is 1. The fourth-order valence-corrected chi connectivity index (χ4v) is 3.71. The molecular formula is C18H19Cl2NOS. The van der Waals surface area contributed by atoms with E-state index in [1.165, 1.54) is 17.3 Å². The largest absolute Gasteiger partial charge is 0.349 e. The van der Waals surface area contributed by atoms with Crippen molar-refractivity contribution in [2.75, 3.05) is 5.75 Å². The Morgan fingerprint density at radius 2 is 1.74 bits per heavy atom. The fourth-order valence-electron chi connectivity index (χ4n) is 2.21. The molecule has 0 saturated heterocycles. The highest BCUT2D eigenvalue weighted by Gasteiger charge is 2.14. The number of rotatable bonds is 6. The number of hydrogen-bond donors (Lipinski definition) is 1. The van der Waals surface area contributed by atoms with Gasteiger partial charge in [0.15, 0.2) is 0 Å². The first kappa shape index (κ1) is 18.2. The highest BCUT2D eigenvalue weighted by molar-refractivity contribution is 8.00. The van der Waals surface area contributed by atoms with Gasteiger partial charge in [-0.05, 0) is 31.0 Å². The van der Waals surface area contributed by atoms with Crippen molar-refractivity contribution in [3.63, 3.8) is 0 Å². The number of aryl methyl sites for hydroxylation is 1. The highest BCUT2D eigenvalue weighted by Crippen LogP contribution is 2.33. The monoisotopic (exact) mass is 367 g/mol. The number of carbonyl (C=O) groups is 1. The van der Waals surface area contributed by atoms with Crippen LogP contribution in [0.2, 0.25) is 10.0 Å². The van der Waals surface area contributed by atoms with E-state index in [2.05, 4.69) is 36.5 Å². The van der Waals surface area contributed by atoms with Gasteiger partial charge >= 0.3 is 0 Å². The minimum absolute atomic E-state index is 0.0189. The molecule has 1 amide bonds. The van der Waals surface area contributed by atoms with Crippen molar-refractivity contribution in [2.24, 2.45) is 0 Å². The van der Waals surface area contributed by atoms with E-state index < -0.39 is 0 Å². The second kappa shape index (κ2) is 8.62. The summed E-state index contributed by atoms with van der Waals surface area (Å²) in [5.74, 6) is 0.254. The number of benzene rings is 2. The molecule has 0 aliphatic carbocycles. The van der Waals surface area contributed by atoms with Crippen molar-refractivity contribution in [2.45, 2.75) is 31.2 Å². The Hall–Kier alpha value is -1.16. The summed E-state index contributed by atoms with van der Waals surface area (Å²) in [5.41, 5.74) is 2.33. The molecule has 2 aromatic carbocycles. The van der Waals surface area contributed by atoms with E-state index in [1.54, 1.807) is 18.2 Å². The Kier molecular flexibility index (Phi) is 6.82. The van der Waals surface area contributed by atoms with E-state index in [0.29, 0.717) is 10.0 Å². The van der Waals surface area contributed by atoms with E-state index >= 15 is 0 Å². The smallest absolute Gasteiger partial charge is 0.230 e. The van der Waals surface area contributed by atoms with Crippen LogP contribution >= 0.6 is 35.0 Å². The van der Waals surface area contributed by atoms with Gasteiger partial charge in [-0.1, -0.05) is 66.0 Å². The normalized spacial score (nSPS) is 12.0. The summed E-state index contributed by atoms with van der Waals surface area (Å²) < 4.78 is 0. The van der Waals surface area contributed by atoms with Crippen LogP contribution in [0.25, 0.3) is 0 Å². The quantitative estimate of drug-likeness (QED) is 0.667. The van der Waals surface area contributed by atoms with Crippen molar-refractivity contribution in [1.82, 2.24) is 5.32 Å². The summed E-state index contributed by atoms with van der Waals surface area (Å²) >= 11 is 13.6. The number of carbonyl (C=O) groups excluding carboxylic acids is 1. The Morgan fingerprint density at radius 1 is 1.13 bits per heavy atom. The first-order valence-electron chi connectivity index (χ1n) is 7.44. The van der Waals surface area contributed by atoms with Crippen LogP contribution in [0.4, 0.5) is 0 Å². The third-order valence-corrected chi connectivity index (χ3v) is 5.48. The minimum atomic E-state index is -0.0292. The third-order valence-electron chi connectivity index (χ3n) is 3.49. The van der Waals surface area contributed by atoms with Gasteiger partial charge in [-0.15, -0.1) is 11.8 Å². The van der Waals surface area contributed by atoms with Crippen molar-refractivity contribution in [3.05, 3.63) is 63.6 Å². The molecule has 0 saturated carbocycles. The van der Waals surface area contributed by atoms with Crippen molar-refractivity contribution in [3.8, 4) is 0 Å². The lowest BCUT2D eigenvalue weighted by Gasteiger charge is -2.18. The molecular weight excluding hydrogens is 349 g/mol. The topological polar surface area (TPSA) is 29.1 Å². The molecule has 0 spiro atoms. The summed E-state index contributed by atoms with van der Waals surface area (Å²) in [6.45, 7) is 4.11. The van der Waals surface area contributed by atoms with Gasteiger partial charge < -0.3 is 5.32 Å². The van der Waals surface area contributed by atoms with Crippen molar-refractivity contribution >= 4 is 40.9 Å². The van der Waals surface area contributed by atoms with Crippen molar-refractivity contribution < 1.29 is 4.79 Å². The molecule has 2 aromatic rings.